The van der Waals surface area contributed by atoms with E-state index in [1.54, 1.807) is 37.3 Å². The Balaban J connectivity index is 1.41. The van der Waals surface area contributed by atoms with E-state index >= 15 is 0 Å². The Bertz CT molecular complexity index is 1460. The first-order valence-electron chi connectivity index (χ1n) is 10.6. The number of aromatic amines is 1. The first-order valence-corrected chi connectivity index (χ1v) is 10.6. The molecular weight excluding hydrogens is 449 g/mol. The largest absolute Gasteiger partial charge is 0.451 e. The third kappa shape index (κ3) is 3.82. The molecule has 0 radical (unpaired) electrons. The Morgan fingerprint density at radius 2 is 1.88 bits per heavy atom. The van der Waals surface area contributed by atoms with E-state index in [0.717, 1.165) is 15.5 Å². The van der Waals surface area contributed by atoms with Gasteiger partial charge in [-0.05, 0) is 30.7 Å². The maximum Gasteiger partial charge on any atom is 0.451 e. The number of halogens is 3. The minimum absolute atomic E-state index is 0.0457. The smallest absolute Gasteiger partial charge is 0.327 e. The molecule has 1 N–H and O–H groups in total. The standard InChI is InChI=1S/C23H19F3N6O2/c1-13-11-32-19(28-30-22(32)23(24,25)26)12-31(13)21(34)15-6-4-5-14(9-15)10-18-16-7-2-3-8-17(16)20(33)29-27-18/h2-9,13H,10-12H2,1H3,(H,29,33)/t13-/m0/s1. The highest BCUT2D eigenvalue weighted by Gasteiger charge is 2.41. The van der Waals surface area contributed by atoms with Crippen molar-refractivity contribution in [2.24, 2.45) is 0 Å². The van der Waals surface area contributed by atoms with E-state index in [1.807, 2.05) is 18.2 Å². The van der Waals surface area contributed by atoms with Crippen LogP contribution in [-0.4, -0.2) is 41.8 Å². The molecule has 34 heavy (non-hydrogen) atoms. The molecule has 5 rings (SSSR count). The molecule has 11 heteroatoms. The van der Waals surface area contributed by atoms with Crippen LogP contribution >= 0.6 is 0 Å². The highest BCUT2D eigenvalue weighted by atomic mass is 19.4. The van der Waals surface area contributed by atoms with Crippen LogP contribution in [0.2, 0.25) is 0 Å². The third-order valence-electron chi connectivity index (χ3n) is 5.95. The number of nitrogens with one attached hydrogen (secondary N) is 1. The van der Waals surface area contributed by atoms with E-state index in [1.165, 1.54) is 4.90 Å². The van der Waals surface area contributed by atoms with Crippen LogP contribution in [0.1, 0.15) is 40.2 Å². The van der Waals surface area contributed by atoms with Gasteiger partial charge >= 0.3 is 6.18 Å². The lowest BCUT2D eigenvalue weighted by Gasteiger charge is -2.34. The number of rotatable bonds is 3. The van der Waals surface area contributed by atoms with Gasteiger partial charge in [0.25, 0.3) is 11.5 Å². The van der Waals surface area contributed by atoms with Crippen LogP contribution in [0.3, 0.4) is 0 Å². The number of fused-ring (bicyclic) bond motifs is 2. The summed E-state index contributed by atoms with van der Waals surface area (Å²) in [5.41, 5.74) is 1.60. The first kappa shape index (κ1) is 21.8. The number of carbonyl (C=O) groups excluding carboxylic acids is 1. The molecule has 0 saturated carbocycles. The van der Waals surface area contributed by atoms with Gasteiger partial charge in [0.15, 0.2) is 5.82 Å². The minimum Gasteiger partial charge on any atom is -0.327 e. The van der Waals surface area contributed by atoms with Crippen molar-refractivity contribution < 1.29 is 18.0 Å². The number of alkyl halides is 3. The van der Waals surface area contributed by atoms with Crippen molar-refractivity contribution in [2.45, 2.75) is 38.7 Å². The number of H-pyrrole nitrogens is 1. The number of benzene rings is 2. The van der Waals surface area contributed by atoms with Crippen molar-refractivity contribution in [3.8, 4) is 0 Å². The Hall–Kier alpha value is -4.02. The Morgan fingerprint density at radius 3 is 2.65 bits per heavy atom. The zero-order valence-corrected chi connectivity index (χ0v) is 18.0. The molecule has 0 bridgehead atoms. The van der Waals surface area contributed by atoms with Gasteiger partial charge in [-0.1, -0.05) is 30.3 Å². The average Bonchev–Trinajstić information content (AvgIpc) is 3.23. The molecule has 0 spiro atoms. The fourth-order valence-corrected chi connectivity index (χ4v) is 4.28. The maximum atomic E-state index is 13.3. The van der Waals surface area contributed by atoms with Gasteiger partial charge in [0, 0.05) is 30.0 Å². The number of nitrogens with zero attached hydrogens (tertiary/aromatic N) is 5. The molecule has 0 aliphatic carbocycles. The lowest BCUT2D eigenvalue weighted by Crippen LogP contribution is -2.45. The van der Waals surface area contributed by atoms with E-state index < -0.39 is 18.0 Å². The SMILES string of the molecule is C[C@H]1Cn2c(nnc2C(F)(F)F)CN1C(=O)c1cccc(Cc2n[nH]c(=O)c3ccccc23)c1. The number of carbonyl (C=O) groups is 1. The molecule has 8 nitrogen and oxygen atoms in total. The molecule has 174 valence electrons. The monoisotopic (exact) mass is 468 g/mol. The summed E-state index contributed by atoms with van der Waals surface area (Å²) in [6, 6.07) is 13.7. The van der Waals surface area contributed by atoms with Crippen molar-refractivity contribution in [1.82, 2.24) is 29.9 Å². The normalized spacial score (nSPS) is 16.0. The lowest BCUT2D eigenvalue weighted by molar-refractivity contribution is -0.148. The molecule has 1 atom stereocenters. The third-order valence-corrected chi connectivity index (χ3v) is 5.95. The lowest BCUT2D eigenvalue weighted by atomic mass is 10.0. The van der Waals surface area contributed by atoms with Crippen LogP contribution in [0.25, 0.3) is 10.8 Å². The number of amides is 1. The highest BCUT2D eigenvalue weighted by molar-refractivity contribution is 5.94. The fraction of sp³-hybridized carbons (Fsp3) is 0.261. The first-order chi connectivity index (χ1) is 16.2. The molecular formula is C23H19F3N6O2. The molecule has 1 aliphatic rings. The van der Waals surface area contributed by atoms with Gasteiger partial charge in [0.2, 0.25) is 5.82 Å². The summed E-state index contributed by atoms with van der Waals surface area (Å²) in [6.07, 6.45) is -4.22. The summed E-state index contributed by atoms with van der Waals surface area (Å²) in [5, 5.41) is 14.9. The predicted octanol–water partition coefficient (Wildman–Crippen LogP) is 3.17. The summed E-state index contributed by atoms with van der Waals surface area (Å²) in [4.78, 5) is 26.8. The summed E-state index contributed by atoms with van der Waals surface area (Å²) in [5.74, 6) is -1.26. The molecule has 1 amide bonds. The zero-order valence-electron chi connectivity index (χ0n) is 18.0. The van der Waals surface area contributed by atoms with Crippen LogP contribution in [0.15, 0.2) is 53.3 Å². The molecule has 2 aromatic heterocycles. The van der Waals surface area contributed by atoms with Crippen LogP contribution in [0.4, 0.5) is 13.2 Å². The van der Waals surface area contributed by atoms with Crippen LogP contribution in [0, 0.1) is 0 Å². The topological polar surface area (TPSA) is 96.8 Å². The second-order valence-electron chi connectivity index (χ2n) is 8.25. The van der Waals surface area contributed by atoms with E-state index in [2.05, 4.69) is 20.4 Å². The van der Waals surface area contributed by atoms with Gasteiger partial charge in [0.05, 0.1) is 17.6 Å². The Labute approximate surface area is 191 Å². The predicted molar refractivity (Wildman–Crippen MR) is 116 cm³/mol. The van der Waals surface area contributed by atoms with Gasteiger partial charge in [0.1, 0.15) is 0 Å². The van der Waals surface area contributed by atoms with E-state index in [4.69, 9.17) is 0 Å². The molecule has 0 fully saturated rings. The Kier molecular flexibility index (Phi) is 5.18. The zero-order chi connectivity index (χ0) is 24.0. The second kappa shape index (κ2) is 8.08. The van der Waals surface area contributed by atoms with Gasteiger partial charge in [-0.2, -0.15) is 18.3 Å². The minimum atomic E-state index is -4.61. The molecule has 2 aromatic carbocycles. The molecule has 0 unspecified atom stereocenters. The maximum absolute atomic E-state index is 13.3. The summed E-state index contributed by atoms with van der Waals surface area (Å²) in [7, 11) is 0. The quantitative estimate of drug-likeness (QED) is 0.498. The Morgan fingerprint density at radius 1 is 1.12 bits per heavy atom. The number of hydrogen-bond acceptors (Lipinski definition) is 5. The molecule has 0 saturated heterocycles. The highest BCUT2D eigenvalue weighted by Crippen LogP contribution is 2.31. The van der Waals surface area contributed by atoms with Crippen molar-refractivity contribution in [1.29, 1.82) is 0 Å². The average molecular weight is 468 g/mol. The second-order valence-corrected chi connectivity index (χ2v) is 8.25. The van der Waals surface area contributed by atoms with Crippen LogP contribution in [0.5, 0.6) is 0 Å². The number of hydrogen-bond donors (Lipinski definition) is 1. The van der Waals surface area contributed by atoms with E-state index in [9.17, 15) is 22.8 Å². The summed E-state index contributed by atoms with van der Waals surface area (Å²) in [6.45, 7) is 1.58. The van der Waals surface area contributed by atoms with Gasteiger partial charge in [-0.15, -0.1) is 10.2 Å². The summed E-state index contributed by atoms with van der Waals surface area (Å²) < 4.78 is 40.5. The molecule has 1 aliphatic heterocycles. The summed E-state index contributed by atoms with van der Waals surface area (Å²) >= 11 is 0. The van der Waals surface area contributed by atoms with Crippen molar-refractivity contribution in [3.05, 3.63) is 87.4 Å². The van der Waals surface area contributed by atoms with Gasteiger partial charge in [-0.3, -0.25) is 9.59 Å². The van der Waals surface area contributed by atoms with Gasteiger partial charge < -0.3 is 9.47 Å². The van der Waals surface area contributed by atoms with Crippen molar-refractivity contribution in [2.75, 3.05) is 0 Å². The van der Waals surface area contributed by atoms with Crippen molar-refractivity contribution in [3.63, 3.8) is 0 Å². The van der Waals surface area contributed by atoms with Gasteiger partial charge in [-0.25, -0.2) is 5.10 Å². The van der Waals surface area contributed by atoms with E-state index in [-0.39, 0.29) is 30.4 Å². The fourth-order valence-electron chi connectivity index (χ4n) is 4.28. The molecule has 4 aromatic rings. The molecule has 3 heterocycles. The van der Waals surface area contributed by atoms with E-state index in [0.29, 0.717) is 23.1 Å². The van der Waals surface area contributed by atoms with Crippen LogP contribution < -0.4 is 5.56 Å². The van der Waals surface area contributed by atoms with Crippen molar-refractivity contribution >= 4 is 16.7 Å². The van der Waals surface area contributed by atoms with Crippen LogP contribution in [-0.2, 0) is 25.7 Å². The number of aromatic nitrogens is 5.